The molecule has 2 rings (SSSR count). The second kappa shape index (κ2) is 6.31. The van der Waals surface area contributed by atoms with Crippen LogP contribution in [-0.4, -0.2) is 32.0 Å². The van der Waals surface area contributed by atoms with Crippen LogP contribution in [0.15, 0.2) is 12.1 Å². The largest absolute Gasteiger partial charge is 0.503 e. The third-order valence-electron chi connectivity index (χ3n) is 2.59. The van der Waals surface area contributed by atoms with Crippen LogP contribution in [0.3, 0.4) is 0 Å². The Morgan fingerprint density at radius 2 is 2.29 bits per heavy atom. The molecule has 0 aliphatic carbocycles. The van der Waals surface area contributed by atoms with Crippen LogP contribution in [0.1, 0.15) is 11.6 Å². The van der Waals surface area contributed by atoms with Crippen molar-refractivity contribution < 1.29 is 14.6 Å². The number of hydrogen-bond donors (Lipinski definition) is 2. The highest BCUT2D eigenvalue weighted by Crippen LogP contribution is 2.36. The SMILES string of the molecule is COc1cc([C@H]2COCCN2)cc(Cl)c1O.Cl. The number of phenols is 1. The number of morpholine rings is 1. The number of rotatable bonds is 2. The fraction of sp³-hybridized carbons (Fsp3) is 0.455. The zero-order valence-electron chi connectivity index (χ0n) is 9.40. The Kier molecular flexibility index (Phi) is 5.33. The van der Waals surface area contributed by atoms with Crippen molar-refractivity contribution in [3.63, 3.8) is 0 Å². The van der Waals surface area contributed by atoms with Crippen molar-refractivity contribution in [3.8, 4) is 11.5 Å². The molecule has 1 heterocycles. The number of methoxy groups -OCH3 is 1. The highest BCUT2D eigenvalue weighted by Gasteiger charge is 2.18. The van der Waals surface area contributed by atoms with Crippen molar-refractivity contribution >= 4 is 24.0 Å². The van der Waals surface area contributed by atoms with E-state index in [0.717, 1.165) is 18.7 Å². The van der Waals surface area contributed by atoms with Gasteiger partial charge in [-0.3, -0.25) is 0 Å². The predicted molar refractivity (Wildman–Crippen MR) is 68.5 cm³/mol. The Morgan fingerprint density at radius 1 is 1.53 bits per heavy atom. The molecule has 6 heteroatoms. The van der Waals surface area contributed by atoms with Crippen LogP contribution in [0.4, 0.5) is 0 Å². The Bertz CT molecular complexity index is 381. The normalized spacial score (nSPS) is 19.5. The van der Waals surface area contributed by atoms with E-state index < -0.39 is 0 Å². The minimum Gasteiger partial charge on any atom is -0.503 e. The molecule has 0 amide bonds. The number of aromatic hydroxyl groups is 1. The first kappa shape index (κ1) is 14.4. The maximum absolute atomic E-state index is 9.61. The van der Waals surface area contributed by atoms with Gasteiger partial charge in [-0.1, -0.05) is 11.6 Å². The molecule has 1 aromatic carbocycles. The zero-order valence-corrected chi connectivity index (χ0v) is 11.0. The molecule has 1 saturated heterocycles. The maximum Gasteiger partial charge on any atom is 0.176 e. The number of phenolic OH excluding ortho intramolecular Hbond substituents is 1. The molecule has 96 valence electrons. The second-order valence-corrected chi connectivity index (χ2v) is 4.04. The summed E-state index contributed by atoms with van der Waals surface area (Å²) >= 11 is 5.92. The van der Waals surface area contributed by atoms with Gasteiger partial charge in [0.2, 0.25) is 0 Å². The molecular weight excluding hydrogens is 265 g/mol. The van der Waals surface area contributed by atoms with Gasteiger partial charge in [0.15, 0.2) is 11.5 Å². The molecule has 2 N–H and O–H groups in total. The maximum atomic E-state index is 9.61. The van der Waals surface area contributed by atoms with Gasteiger partial charge in [-0.05, 0) is 17.7 Å². The molecule has 17 heavy (non-hydrogen) atoms. The van der Waals surface area contributed by atoms with Gasteiger partial charge >= 0.3 is 0 Å². The molecule has 0 bridgehead atoms. The monoisotopic (exact) mass is 279 g/mol. The fourth-order valence-electron chi connectivity index (χ4n) is 1.73. The Balaban J connectivity index is 0.00000144. The van der Waals surface area contributed by atoms with E-state index in [1.165, 1.54) is 7.11 Å². The Hall–Kier alpha value is -0.680. The van der Waals surface area contributed by atoms with Gasteiger partial charge < -0.3 is 19.9 Å². The van der Waals surface area contributed by atoms with E-state index in [2.05, 4.69) is 5.32 Å². The molecule has 1 aromatic rings. The van der Waals surface area contributed by atoms with Gasteiger partial charge in [-0.2, -0.15) is 0 Å². The van der Waals surface area contributed by atoms with Crippen LogP contribution in [0.2, 0.25) is 5.02 Å². The third kappa shape index (κ3) is 3.16. The lowest BCUT2D eigenvalue weighted by molar-refractivity contribution is 0.0768. The zero-order chi connectivity index (χ0) is 11.5. The molecule has 0 unspecified atom stereocenters. The standard InChI is InChI=1S/C11H14ClNO3.ClH/c1-15-10-5-7(4-8(12)11(10)14)9-6-16-3-2-13-9;/h4-5,9,13-14H,2-3,6H2,1H3;1H/t9-;/m1./s1. The minimum atomic E-state index is -0.0235. The molecule has 0 radical (unpaired) electrons. The molecule has 1 aliphatic heterocycles. The molecule has 1 atom stereocenters. The summed E-state index contributed by atoms with van der Waals surface area (Å²) in [7, 11) is 1.50. The van der Waals surface area contributed by atoms with Gasteiger partial charge in [0, 0.05) is 6.54 Å². The van der Waals surface area contributed by atoms with Crippen molar-refractivity contribution in [1.82, 2.24) is 5.32 Å². The summed E-state index contributed by atoms with van der Waals surface area (Å²) in [5.41, 5.74) is 0.958. The van der Waals surface area contributed by atoms with Gasteiger partial charge in [0.05, 0.1) is 31.4 Å². The number of nitrogens with one attached hydrogen (secondary N) is 1. The van der Waals surface area contributed by atoms with Crippen LogP contribution < -0.4 is 10.1 Å². The first-order valence-electron chi connectivity index (χ1n) is 5.10. The lowest BCUT2D eigenvalue weighted by Crippen LogP contribution is -2.34. The van der Waals surface area contributed by atoms with Crippen LogP contribution >= 0.6 is 24.0 Å². The van der Waals surface area contributed by atoms with Crippen molar-refractivity contribution in [3.05, 3.63) is 22.7 Å². The molecule has 0 saturated carbocycles. The van der Waals surface area contributed by atoms with Gasteiger partial charge in [-0.25, -0.2) is 0 Å². The van der Waals surface area contributed by atoms with E-state index in [-0.39, 0.29) is 24.2 Å². The number of hydrogen-bond acceptors (Lipinski definition) is 4. The second-order valence-electron chi connectivity index (χ2n) is 3.64. The molecule has 4 nitrogen and oxygen atoms in total. The van der Waals surface area contributed by atoms with Crippen molar-refractivity contribution in [1.29, 1.82) is 0 Å². The first-order valence-corrected chi connectivity index (χ1v) is 5.47. The number of benzene rings is 1. The van der Waals surface area contributed by atoms with Gasteiger partial charge in [0.1, 0.15) is 0 Å². The first-order chi connectivity index (χ1) is 7.72. The Morgan fingerprint density at radius 3 is 2.88 bits per heavy atom. The quantitative estimate of drug-likeness (QED) is 0.871. The van der Waals surface area contributed by atoms with Crippen LogP contribution in [0.25, 0.3) is 0 Å². The topological polar surface area (TPSA) is 50.7 Å². The summed E-state index contributed by atoms with van der Waals surface area (Å²) in [6.45, 7) is 2.13. The summed E-state index contributed by atoms with van der Waals surface area (Å²) < 4.78 is 10.4. The Labute approximate surface area is 111 Å². The average Bonchev–Trinajstić information content (AvgIpc) is 2.33. The molecule has 0 aromatic heterocycles. The lowest BCUT2D eigenvalue weighted by Gasteiger charge is -2.24. The summed E-state index contributed by atoms with van der Waals surface area (Å²) in [6, 6.07) is 3.60. The number of halogens is 2. The number of ether oxygens (including phenoxy) is 2. The highest BCUT2D eigenvalue weighted by molar-refractivity contribution is 6.32. The average molecular weight is 280 g/mol. The molecular formula is C11H15Cl2NO3. The van der Waals surface area contributed by atoms with E-state index in [0.29, 0.717) is 17.4 Å². The van der Waals surface area contributed by atoms with Crippen LogP contribution in [0, 0.1) is 0 Å². The fourth-order valence-corrected chi connectivity index (χ4v) is 1.95. The third-order valence-corrected chi connectivity index (χ3v) is 2.88. The van der Waals surface area contributed by atoms with Crippen LogP contribution in [-0.2, 0) is 4.74 Å². The van der Waals surface area contributed by atoms with Gasteiger partial charge in [-0.15, -0.1) is 12.4 Å². The van der Waals surface area contributed by atoms with Crippen molar-refractivity contribution in [2.45, 2.75) is 6.04 Å². The molecule has 0 spiro atoms. The smallest absolute Gasteiger partial charge is 0.176 e. The minimum absolute atomic E-state index is 0. The summed E-state index contributed by atoms with van der Waals surface area (Å²) in [6.07, 6.45) is 0. The lowest BCUT2D eigenvalue weighted by atomic mass is 10.1. The van der Waals surface area contributed by atoms with E-state index in [1.807, 2.05) is 0 Å². The molecule has 1 aliphatic rings. The summed E-state index contributed by atoms with van der Waals surface area (Å²) in [4.78, 5) is 0. The van der Waals surface area contributed by atoms with E-state index in [1.54, 1.807) is 12.1 Å². The van der Waals surface area contributed by atoms with Crippen LogP contribution in [0.5, 0.6) is 11.5 Å². The van der Waals surface area contributed by atoms with E-state index in [4.69, 9.17) is 21.1 Å². The van der Waals surface area contributed by atoms with Gasteiger partial charge in [0.25, 0.3) is 0 Å². The van der Waals surface area contributed by atoms with E-state index in [9.17, 15) is 5.11 Å². The van der Waals surface area contributed by atoms with Crippen molar-refractivity contribution in [2.75, 3.05) is 26.9 Å². The molecule has 1 fully saturated rings. The summed E-state index contributed by atoms with van der Waals surface area (Å²) in [5.74, 6) is 0.361. The van der Waals surface area contributed by atoms with E-state index >= 15 is 0 Å². The summed E-state index contributed by atoms with van der Waals surface area (Å²) in [5, 5.41) is 13.2. The van der Waals surface area contributed by atoms with Crippen molar-refractivity contribution in [2.24, 2.45) is 0 Å². The highest BCUT2D eigenvalue weighted by atomic mass is 35.5. The predicted octanol–water partition coefficient (Wildman–Crippen LogP) is 2.14.